The Bertz CT molecular complexity index is 1690. The second-order valence-electron chi connectivity index (χ2n) is 13.6. The molecule has 14 heteroatoms. The van der Waals surface area contributed by atoms with Gasteiger partial charge < -0.3 is 25.2 Å². The molecule has 46 heavy (non-hydrogen) atoms. The lowest BCUT2D eigenvalue weighted by Crippen LogP contribution is -2.46. The summed E-state index contributed by atoms with van der Waals surface area (Å²) >= 11 is 6.51. The third-order valence-electron chi connectivity index (χ3n) is 9.31. The molecule has 5 rings (SSSR count). The Kier molecular flexibility index (Phi) is 9.31. The average Bonchev–Trinajstić information content (AvgIpc) is 3.54. The van der Waals surface area contributed by atoms with Crippen molar-refractivity contribution in [1.82, 2.24) is 30.2 Å². The summed E-state index contributed by atoms with van der Waals surface area (Å²) in [6.07, 6.45) is 8.50. The first kappa shape index (κ1) is 33.5. The molecule has 2 aliphatic rings. The summed E-state index contributed by atoms with van der Waals surface area (Å²) in [6, 6.07) is 0.0426. The van der Waals surface area contributed by atoms with Gasteiger partial charge in [0.15, 0.2) is 14.1 Å². The van der Waals surface area contributed by atoms with Gasteiger partial charge in [0, 0.05) is 35.7 Å². The van der Waals surface area contributed by atoms with Crippen LogP contribution in [-0.2, 0) is 15.8 Å². The van der Waals surface area contributed by atoms with Crippen LogP contribution in [0.3, 0.4) is 0 Å². The predicted octanol–water partition coefficient (Wildman–Crippen LogP) is 5.61. The first-order valence-corrected chi connectivity index (χ1v) is 18.8. The van der Waals surface area contributed by atoms with Crippen molar-refractivity contribution >= 4 is 55.1 Å². The minimum absolute atomic E-state index is 0.0356. The summed E-state index contributed by atoms with van der Waals surface area (Å²) in [6.45, 7) is 15.2. The number of carbonyl (C=O) groups is 2. The molecule has 0 atom stereocenters. The van der Waals surface area contributed by atoms with Crippen LogP contribution in [0.15, 0.2) is 12.4 Å². The molecule has 0 saturated heterocycles. The van der Waals surface area contributed by atoms with Gasteiger partial charge in [0.1, 0.15) is 22.4 Å². The number of nitrogen functional groups attached to an aromatic ring is 1. The number of H-pyrrole nitrogens is 1. The zero-order valence-electron chi connectivity index (χ0n) is 27.7. The van der Waals surface area contributed by atoms with Crippen LogP contribution in [0, 0.1) is 13.8 Å². The van der Waals surface area contributed by atoms with Crippen LogP contribution in [0.5, 0.6) is 5.75 Å². The number of hydrogen-bond acceptors (Lipinski definition) is 9. The van der Waals surface area contributed by atoms with Crippen LogP contribution in [0.2, 0.25) is 23.3 Å². The van der Waals surface area contributed by atoms with Crippen LogP contribution in [0.25, 0.3) is 11.6 Å². The number of halogens is 1. The monoisotopic (exact) mass is 666 g/mol. The normalized spacial score (nSPS) is 19.5. The van der Waals surface area contributed by atoms with Crippen molar-refractivity contribution < 1.29 is 18.8 Å². The van der Waals surface area contributed by atoms with E-state index in [2.05, 4.69) is 64.1 Å². The summed E-state index contributed by atoms with van der Waals surface area (Å²) in [7, 11) is -0.247. The number of methoxy groups -OCH3 is 1. The molecule has 3 aromatic heterocycles. The highest BCUT2D eigenvalue weighted by Crippen LogP contribution is 2.42. The summed E-state index contributed by atoms with van der Waals surface area (Å²) in [4.78, 5) is 48.9. The predicted molar refractivity (Wildman–Crippen MR) is 181 cm³/mol. The number of nitrogens with one attached hydrogen (secondary N) is 2. The first-order chi connectivity index (χ1) is 21.6. The number of hydrogen-bond donors (Lipinski definition) is 3. The van der Waals surface area contributed by atoms with Gasteiger partial charge in [-0.1, -0.05) is 32.4 Å². The van der Waals surface area contributed by atoms with E-state index in [0.29, 0.717) is 22.8 Å². The molecule has 4 N–H and O–H groups in total. The number of fused-ring (bicyclic) bond motifs is 1. The van der Waals surface area contributed by atoms with E-state index in [1.54, 1.807) is 19.4 Å². The second kappa shape index (κ2) is 12.8. The van der Waals surface area contributed by atoms with Crippen LogP contribution in [0.4, 0.5) is 11.8 Å². The number of aryl methyl sites for hydroxylation is 1. The second-order valence-corrected chi connectivity index (χ2v) is 18.7. The molecular weight excluding hydrogens is 624 g/mol. The van der Waals surface area contributed by atoms with Gasteiger partial charge in [-0.15, -0.1) is 0 Å². The van der Waals surface area contributed by atoms with Gasteiger partial charge in [0.25, 0.3) is 11.8 Å². The van der Waals surface area contributed by atoms with Crippen molar-refractivity contribution in [3.63, 3.8) is 0 Å². The zero-order valence-corrected chi connectivity index (χ0v) is 29.5. The minimum atomic E-state index is -1.84. The molecule has 1 fully saturated rings. The number of imidazole rings is 1. The van der Waals surface area contributed by atoms with Crippen LogP contribution >= 0.6 is 11.6 Å². The maximum atomic E-state index is 13.8. The topological polar surface area (TPSA) is 161 Å². The number of nitrogens with zero attached hydrogens (tertiary/aromatic N) is 5. The van der Waals surface area contributed by atoms with E-state index in [4.69, 9.17) is 26.5 Å². The zero-order chi connectivity index (χ0) is 33.6. The van der Waals surface area contributed by atoms with E-state index in [0.717, 1.165) is 36.8 Å². The quantitative estimate of drug-likeness (QED) is 0.158. The van der Waals surface area contributed by atoms with E-state index in [9.17, 15) is 9.59 Å². The Morgan fingerprint density at radius 1 is 1.20 bits per heavy atom. The van der Waals surface area contributed by atoms with Crippen LogP contribution in [0.1, 0.15) is 85.2 Å². The van der Waals surface area contributed by atoms with E-state index in [1.807, 2.05) is 13.8 Å². The smallest absolute Gasteiger partial charge is 0.271 e. The van der Waals surface area contributed by atoms with Gasteiger partial charge in [-0.2, -0.15) is 4.98 Å². The number of rotatable bonds is 8. The van der Waals surface area contributed by atoms with E-state index in [-0.39, 0.29) is 63.7 Å². The van der Waals surface area contributed by atoms with E-state index >= 15 is 0 Å². The number of ether oxygens (including phenoxy) is 1. The highest BCUT2D eigenvalue weighted by molar-refractivity contribution is 6.74. The molecule has 1 aliphatic heterocycles. The van der Waals surface area contributed by atoms with Gasteiger partial charge in [0.05, 0.1) is 30.5 Å². The number of anilines is 2. The number of carbonyl (C=O) groups excluding carboxylic acids is 2. The molecular formula is C32H43ClN8O4Si. The average molecular weight is 667 g/mol. The molecule has 1 aliphatic carbocycles. The third-order valence-corrected chi connectivity index (χ3v) is 14.1. The highest BCUT2D eigenvalue weighted by atomic mass is 35.5. The molecule has 0 bridgehead atoms. The van der Waals surface area contributed by atoms with Crippen molar-refractivity contribution in [2.75, 3.05) is 17.7 Å². The number of pyridine rings is 1. The van der Waals surface area contributed by atoms with E-state index < -0.39 is 8.32 Å². The van der Waals surface area contributed by atoms with Crippen LogP contribution in [-0.4, -0.2) is 64.3 Å². The Morgan fingerprint density at radius 3 is 2.54 bits per heavy atom. The summed E-state index contributed by atoms with van der Waals surface area (Å²) in [5.74, 6) is 0.558. The van der Waals surface area contributed by atoms with E-state index in [1.165, 1.54) is 11.1 Å². The lowest BCUT2D eigenvalue weighted by atomic mass is 9.93. The maximum Gasteiger partial charge on any atom is 0.271 e. The maximum absolute atomic E-state index is 13.8. The lowest BCUT2D eigenvalue weighted by molar-refractivity contribution is -0.113. The number of aromatic nitrogens is 5. The third kappa shape index (κ3) is 6.67. The van der Waals surface area contributed by atoms with Gasteiger partial charge in [0.2, 0.25) is 5.95 Å². The molecule has 2 amide bonds. The van der Waals surface area contributed by atoms with Crippen molar-refractivity contribution in [2.24, 2.45) is 0 Å². The molecule has 0 aromatic carbocycles. The van der Waals surface area contributed by atoms with Crippen molar-refractivity contribution in [1.29, 1.82) is 0 Å². The molecule has 3 aromatic rings. The molecule has 0 radical (unpaired) electrons. The fourth-order valence-electron chi connectivity index (χ4n) is 5.72. The van der Waals surface area contributed by atoms with Gasteiger partial charge >= 0.3 is 0 Å². The molecule has 246 valence electrons. The Balaban J connectivity index is 1.31. The fraction of sp³-hybridized carbons (Fsp3) is 0.500. The lowest BCUT2D eigenvalue weighted by Gasteiger charge is -2.41. The Labute approximate surface area is 275 Å². The number of aromatic amines is 1. The largest absolute Gasteiger partial charge is 0.496 e. The summed E-state index contributed by atoms with van der Waals surface area (Å²) in [5.41, 5.74) is 9.02. The van der Waals surface area contributed by atoms with Crippen molar-refractivity contribution in [3.05, 3.63) is 51.4 Å². The number of nitrogens with two attached hydrogens (primary N) is 1. The van der Waals surface area contributed by atoms with Gasteiger partial charge in [-0.3, -0.25) is 19.5 Å². The fourth-order valence-corrected chi connectivity index (χ4v) is 7.41. The Hall–Kier alpha value is -3.81. The minimum Gasteiger partial charge on any atom is -0.496 e. The van der Waals surface area contributed by atoms with Crippen LogP contribution < -0.4 is 20.7 Å². The molecule has 4 heterocycles. The standard InChI is InChI=1S/C32H43ClN8O4Si/c1-17-14-35-23(18(2)26(17)44-6)16-41-28-25(27(33)39-31(34)40-28)21(30(41)43)13-24-36-15-22(38-24)29(42)37-19-9-11-20(12-10-19)45-46(7,8)32(3,4)5/h13-15,19-20H,9-12,16H2,1-8H3,(H,36,38)(H,37,42)(H2,34,39,40)/b21-13+/t19-,20-. The molecule has 12 nitrogen and oxygen atoms in total. The first-order valence-electron chi connectivity index (χ1n) is 15.5. The molecule has 1 saturated carbocycles. The van der Waals surface area contributed by atoms with Crippen molar-refractivity contribution in [2.45, 2.75) is 97.1 Å². The van der Waals surface area contributed by atoms with Gasteiger partial charge in [-0.05, 0) is 63.7 Å². The molecule has 0 spiro atoms. The summed E-state index contributed by atoms with van der Waals surface area (Å²) < 4.78 is 12.1. The summed E-state index contributed by atoms with van der Waals surface area (Å²) in [5, 5.41) is 3.31. The highest BCUT2D eigenvalue weighted by Gasteiger charge is 2.40. The molecule has 0 unspecified atom stereocenters. The number of amides is 2. The SMILES string of the molecule is COc1c(C)cnc(CN2C(=O)/C(=C/c3nc(C(=O)N[C@H]4CC[C@H](O[Si](C)(C)C(C)(C)C)CC4)c[nH]3)c3c(Cl)nc(N)nc32)c1C. The van der Waals surface area contributed by atoms with Gasteiger partial charge in [-0.25, -0.2) is 9.97 Å². The van der Waals surface area contributed by atoms with Crippen molar-refractivity contribution in [3.8, 4) is 5.75 Å². The Morgan fingerprint density at radius 2 is 1.89 bits per heavy atom.